The Balaban J connectivity index is 1.37. The van der Waals surface area contributed by atoms with Crippen molar-refractivity contribution in [2.45, 2.75) is 13.1 Å². The van der Waals surface area contributed by atoms with E-state index in [0.29, 0.717) is 44.1 Å². The second kappa shape index (κ2) is 14.8. The number of hydrogen-bond acceptors (Lipinski definition) is 11. The van der Waals surface area contributed by atoms with E-state index in [9.17, 15) is 44.4 Å². The topological polar surface area (TPSA) is 255 Å². The highest BCUT2D eigenvalue weighted by atomic mass is 35.5. The number of rotatable bonds is 11. The zero-order valence-corrected chi connectivity index (χ0v) is 31.0. The number of fused-ring (bicyclic) bond motifs is 4. The molecule has 0 atom stereocenters. The lowest BCUT2D eigenvalue weighted by atomic mass is 9.87. The number of aromatic carboxylic acids is 4. The summed E-state index contributed by atoms with van der Waals surface area (Å²) >= 11 is 6.63. The molecule has 59 heavy (non-hydrogen) atoms. The maximum atomic E-state index is 14.0. The van der Waals surface area contributed by atoms with Gasteiger partial charge in [0.2, 0.25) is 5.43 Å². The fourth-order valence-corrected chi connectivity index (χ4v) is 7.29. The number of para-hydroxylation sites is 2. The van der Waals surface area contributed by atoms with E-state index in [1.807, 2.05) is 0 Å². The average Bonchev–Trinajstić information content (AvgIpc) is 3.22. The number of halogens is 1. The highest BCUT2D eigenvalue weighted by Crippen LogP contribution is 2.45. The zero-order chi connectivity index (χ0) is 41.7. The third-order valence-corrected chi connectivity index (χ3v) is 10.2. The van der Waals surface area contributed by atoms with Crippen LogP contribution in [0.1, 0.15) is 52.8 Å². The maximum Gasteiger partial charge on any atom is 0.354 e. The van der Waals surface area contributed by atoms with Crippen molar-refractivity contribution in [1.82, 2.24) is 9.97 Å². The van der Waals surface area contributed by atoms with E-state index < -0.39 is 29.3 Å². The third kappa shape index (κ3) is 6.80. The van der Waals surface area contributed by atoms with Crippen LogP contribution in [0.15, 0.2) is 106 Å². The predicted molar refractivity (Wildman–Crippen MR) is 220 cm³/mol. The molecule has 6 aromatic rings. The second-order valence-electron chi connectivity index (χ2n) is 13.4. The monoisotopic (exact) mass is 809 g/mol. The summed E-state index contributed by atoms with van der Waals surface area (Å²) in [5, 5.41) is 47.3. The third-order valence-electron chi connectivity index (χ3n) is 9.88. The number of carbonyl (C=O) groups is 4. The average molecular weight is 810 g/mol. The molecule has 2 aromatic heterocycles. The number of nitrogens with zero attached hydrogens (tertiary/aromatic N) is 2. The Morgan fingerprint density at radius 3 is 1.81 bits per heavy atom. The van der Waals surface area contributed by atoms with Crippen molar-refractivity contribution in [1.29, 1.82) is 0 Å². The van der Waals surface area contributed by atoms with E-state index in [0.717, 1.165) is 0 Å². The molecule has 0 bridgehead atoms. The molecule has 0 radical (unpaired) electrons. The summed E-state index contributed by atoms with van der Waals surface area (Å²) in [6.45, 7) is -0.289. The number of nitrogens with one attached hydrogen (secondary N) is 2. The van der Waals surface area contributed by atoms with Crippen LogP contribution in [0, 0.1) is 0 Å². The molecular formula is C43H28ClN5O10. The van der Waals surface area contributed by atoms with Crippen molar-refractivity contribution in [3.8, 4) is 22.5 Å². The van der Waals surface area contributed by atoms with Gasteiger partial charge >= 0.3 is 23.9 Å². The predicted octanol–water partition coefficient (Wildman–Crippen LogP) is 7.91. The molecule has 2 aliphatic rings. The minimum atomic E-state index is -1.36. The van der Waals surface area contributed by atoms with E-state index in [-0.39, 0.29) is 79.9 Å². The summed E-state index contributed by atoms with van der Waals surface area (Å²) in [6.07, 6.45) is 0. The van der Waals surface area contributed by atoms with Gasteiger partial charge in [-0.25, -0.2) is 29.1 Å². The fourth-order valence-electron chi connectivity index (χ4n) is 7.06. The second-order valence-corrected chi connectivity index (χ2v) is 13.8. The first-order valence-corrected chi connectivity index (χ1v) is 18.0. The lowest BCUT2D eigenvalue weighted by Gasteiger charge is -2.22. The van der Waals surface area contributed by atoms with Crippen molar-refractivity contribution in [2.75, 3.05) is 16.4 Å². The molecule has 292 valence electrons. The molecule has 0 saturated heterocycles. The van der Waals surface area contributed by atoms with Gasteiger partial charge in [-0.2, -0.15) is 0 Å². The first-order chi connectivity index (χ1) is 28.3. The first kappa shape index (κ1) is 37.9. The van der Waals surface area contributed by atoms with Gasteiger partial charge in [-0.1, -0.05) is 48.0 Å². The van der Waals surface area contributed by atoms with Crippen molar-refractivity contribution >= 4 is 85.3 Å². The summed E-state index contributed by atoms with van der Waals surface area (Å²) in [6, 6.07) is 24.4. The molecule has 0 fully saturated rings. The molecule has 16 heteroatoms. The molecule has 8 N–H and O–H groups in total. The van der Waals surface area contributed by atoms with Crippen LogP contribution in [0.5, 0.6) is 0 Å². The van der Waals surface area contributed by atoms with Crippen LogP contribution in [0.4, 0.5) is 17.1 Å². The summed E-state index contributed by atoms with van der Waals surface area (Å²) in [5.41, 5.74) is 7.66. The van der Waals surface area contributed by atoms with Gasteiger partial charge in [0.25, 0.3) is 0 Å². The normalized spacial score (nSPS) is 11.3. The molecule has 8 rings (SSSR count). The van der Waals surface area contributed by atoms with Gasteiger partial charge in [0.1, 0.15) is 22.7 Å². The fraction of sp³-hybridized carbons (Fsp3) is 0.0465. The lowest BCUT2D eigenvalue weighted by Crippen LogP contribution is -2.17. The number of anilines is 3. The van der Waals surface area contributed by atoms with Gasteiger partial charge in [0, 0.05) is 51.6 Å². The van der Waals surface area contributed by atoms with E-state index >= 15 is 0 Å². The van der Waals surface area contributed by atoms with E-state index in [1.54, 1.807) is 60.7 Å². The molecule has 0 spiro atoms. The Morgan fingerprint density at radius 1 is 0.661 bits per heavy atom. The van der Waals surface area contributed by atoms with Gasteiger partial charge < -0.3 is 41.2 Å². The number of aromatic nitrogens is 2. The largest absolute Gasteiger partial charge is 0.478 e. The molecule has 0 saturated carbocycles. The van der Waals surface area contributed by atoms with Crippen molar-refractivity contribution in [3.63, 3.8) is 0 Å². The van der Waals surface area contributed by atoms with Crippen molar-refractivity contribution in [3.05, 3.63) is 146 Å². The quantitative estimate of drug-likeness (QED) is 0.0484. The lowest BCUT2D eigenvalue weighted by molar-refractivity contribution is 0.0680. The Bertz CT molecular complexity index is 3150. The van der Waals surface area contributed by atoms with Crippen molar-refractivity contribution < 1.29 is 44.0 Å². The van der Waals surface area contributed by atoms with Crippen LogP contribution in [0.25, 0.3) is 55.2 Å². The Kier molecular flexibility index (Phi) is 9.50. The molecule has 15 nitrogen and oxygen atoms in total. The van der Waals surface area contributed by atoms with Crippen LogP contribution >= 0.6 is 11.6 Å². The number of carboxylic acids is 4. The highest BCUT2D eigenvalue weighted by molar-refractivity contribution is 6.31. The van der Waals surface area contributed by atoms with Crippen LogP contribution in [-0.2, 0) is 13.1 Å². The van der Waals surface area contributed by atoms with E-state index in [4.69, 9.17) is 21.8 Å². The van der Waals surface area contributed by atoms with Gasteiger partial charge in [0.15, 0.2) is 0 Å². The Hall–Kier alpha value is -8.04. The standard InChI is InChI=1S/C43H28ClN5O10/c44-28-16-25-34(24-15-21(40(51)52)7-10-22(24)41(53)54)23-11-12-29(45)26(17-46-30-5-1-3-19-8-13-32(42(55)56)48-35(19)30)38(23)59-39(25)27(37(28)50)18-47-31-6-2-4-20-9-14-33(43(57)58)49-36(20)31/h1-16,46-47H,17-18,45H2,(H,51,52)(H,53,54)(H,55,56)(H,57,58). The molecule has 1 aliphatic heterocycles. The molecule has 0 amide bonds. The molecule has 4 aromatic carbocycles. The van der Waals surface area contributed by atoms with E-state index in [1.165, 1.54) is 36.4 Å². The molecular weight excluding hydrogens is 782 g/mol. The number of benzene rings is 5. The Morgan fingerprint density at radius 2 is 1.25 bits per heavy atom. The summed E-state index contributed by atoms with van der Waals surface area (Å²) in [4.78, 5) is 71.1. The Labute approximate surface area is 336 Å². The minimum Gasteiger partial charge on any atom is -0.478 e. The van der Waals surface area contributed by atoms with E-state index in [2.05, 4.69) is 20.6 Å². The zero-order valence-electron chi connectivity index (χ0n) is 30.2. The van der Waals surface area contributed by atoms with Gasteiger partial charge in [-0.05, 0) is 66.2 Å². The van der Waals surface area contributed by atoms with Crippen molar-refractivity contribution in [2.24, 2.45) is 0 Å². The van der Waals surface area contributed by atoms with Crippen LogP contribution in [0.3, 0.4) is 0 Å². The molecule has 3 heterocycles. The SMILES string of the molecule is Nc1ccc2c(-c3cc(C(=O)O)ccc3C(=O)O)c3cc(Cl)c(=O)c(CNc4cccc5ccc(C(=O)O)nc45)c-3oc2c1CNc1cccc2ccc(C(=O)O)nc12. The highest BCUT2D eigenvalue weighted by Gasteiger charge is 2.29. The number of pyridine rings is 2. The number of carboxylic acid groups (broad SMARTS) is 4. The molecule has 1 aliphatic carbocycles. The minimum absolute atomic E-state index is 0.00547. The van der Waals surface area contributed by atoms with Crippen LogP contribution < -0.4 is 21.8 Å². The van der Waals surface area contributed by atoms with Gasteiger partial charge in [-0.3, -0.25) is 4.79 Å². The number of nitrogens with two attached hydrogens (primary N) is 1. The number of nitrogen functional groups attached to an aromatic ring is 1. The summed E-state index contributed by atoms with van der Waals surface area (Å²) < 4.78 is 6.65. The number of hydrogen-bond donors (Lipinski definition) is 7. The van der Waals surface area contributed by atoms with Crippen LogP contribution in [0.2, 0.25) is 5.02 Å². The summed E-state index contributed by atoms with van der Waals surface area (Å²) in [7, 11) is 0. The smallest absolute Gasteiger partial charge is 0.354 e. The van der Waals surface area contributed by atoms with Gasteiger partial charge in [0.05, 0.1) is 44.1 Å². The van der Waals surface area contributed by atoms with Crippen LogP contribution in [-0.4, -0.2) is 54.3 Å². The maximum absolute atomic E-state index is 14.0. The molecule has 0 unspecified atom stereocenters. The summed E-state index contributed by atoms with van der Waals surface area (Å²) in [5.74, 6) is -5.16. The first-order valence-electron chi connectivity index (χ1n) is 17.6. The van der Waals surface area contributed by atoms with Gasteiger partial charge in [-0.15, -0.1) is 0 Å².